The van der Waals surface area contributed by atoms with Crippen molar-refractivity contribution < 1.29 is 8.83 Å². The molecule has 0 amide bonds. The van der Waals surface area contributed by atoms with Gasteiger partial charge in [0.25, 0.3) is 0 Å². The molecule has 0 fully saturated rings. The molecular formula is C41H26N2O2. The van der Waals surface area contributed by atoms with Crippen molar-refractivity contribution in [3.8, 4) is 22.6 Å². The third-order valence-corrected chi connectivity index (χ3v) is 8.49. The van der Waals surface area contributed by atoms with Crippen LogP contribution in [0.4, 0.5) is 17.1 Å². The van der Waals surface area contributed by atoms with Crippen molar-refractivity contribution in [2.75, 3.05) is 4.90 Å². The van der Waals surface area contributed by atoms with E-state index in [9.17, 15) is 0 Å². The smallest absolute Gasteiger partial charge is 0.227 e. The number of fused-ring (bicyclic) bond motifs is 6. The second kappa shape index (κ2) is 10.2. The third-order valence-electron chi connectivity index (χ3n) is 8.49. The fourth-order valence-electron chi connectivity index (χ4n) is 6.38. The molecule has 0 unspecified atom stereocenters. The van der Waals surface area contributed by atoms with E-state index in [2.05, 4.69) is 114 Å². The van der Waals surface area contributed by atoms with Crippen LogP contribution in [0.1, 0.15) is 0 Å². The van der Waals surface area contributed by atoms with Crippen LogP contribution in [0.3, 0.4) is 0 Å². The number of nitrogens with zero attached hydrogens (tertiary/aromatic N) is 2. The highest BCUT2D eigenvalue weighted by Gasteiger charge is 2.19. The zero-order chi connectivity index (χ0) is 29.7. The molecule has 2 heterocycles. The fourth-order valence-corrected chi connectivity index (χ4v) is 6.38. The highest BCUT2D eigenvalue weighted by atomic mass is 16.4. The number of hydrogen-bond donors (Lipinski definition) is 0. The lowest BCUT2D eigenvalue weighted by Gasteiger charge is -2.25. The van der Waals surface area contributed by atoms with Crippen LogP contribution in [-0.2, 0) is 0 Å². The molecular weight excluding hydrogens is 552 g/mol. The highest BCUT2D eigenvalue weighted by Crippen LogP contribution is 2.41. The predicted octanol–water partition coefficient (Wildman–Crippen LogP) is 11.7. The van der Waals surface area contributed by atoms with Gasteiger partial charge in [-0.3, -0.25) is 0 Å². The van der Waals surface area contributed by atoms with E-state index >= 15 is 0 Å². The van der Waals surface area contributed by atoms with E-state index in [1.54, 1.807) is 0 Å². The number of benzene rings is 7. The van der Waals surface area contributed by atoms with Gasteiger partial charge < -0.3 is 13.7 Å². The van der Waals surface area contributed by atoms with Crippen LogP contribution in [0.15, 0.2) is 167 Å². The van der Waals surface area contributed by atoms with E-state index < -0.39 is 0 Å². The maximum Gasteiger partial charge on any atom is 0.227 e. The van der Waals surface area contributed by atoms with Gasteiger partial charge in [-0.25, -0.2) is 4.98 Å². The summed E-state index contributed by atoms with van der Waals surface area (Å²) < 4.78 is 12.5. The zero-order valence-electron chi connectivity index (χ0n) is 24.2. The molecule has 4 heteroatoms. The van der Waals surface area contributed by atoms with Crippen LogP contribution in [0, 0.1) is 0 Å². The maximum atomic E-state index is 6.32. The minimum atomic E-state index is 0.598. The summed E-state index contributed by atoms with van der Waals surface area (Å²) in [5.74, 6) is 0.598. The number of oxazole rings is 1. The second-order valence-electron chi connectivity index (χ2n) is 11.2. The zero-order valence-corrected chi connectivity index (χ0v) is 24.2. The number of rotatable bonds is 5. The molecule has 45 heavy (non-hydrogen) atoms. The van der Waals surface area contributed by atoms with E-state index in [0.29, 0.717) is 5.89 Å². The molecule has 0 bridgehead atoms. The number of aromatic nitrogens is 1. The Morgan fingerprint density at radius 3 is 1.96 bits per heavy atom. The van der Waals surface area contributed by atoms with Gasteiger partial charge in [0.1, 0.15) is 16.7 Å². The minimum Gasteiger partial charge on any atom is -0.456 e. The lowest BCUT2D eigenvalue weighted by atomic mass is 9.98. The Labute approximate surface area is 259 Å². The molecule has 0 aliphatic rings. The van der Waals surface area contributed by atoms with Gasteiger partial charge >= 0.3 is 0 Å². The van der Waals surface area contributed by atoms with Crippen molar-refractivity contribution in [3.63, 3.8) is 0 Å². The van der Waals surface area contributed by atoms with Gasteiger partial charge in [-0.1, -0.05) is 91.0 Å². The lowest BCUT2D eigenvalue weighted by Crippen LogP contribution is -2.09. The molecule has 9 rings (SSSR count). The number of furan rings is 1. The van der Waals surface area contributed by atoms with Crippen LogP contribution < -0.4 is 4.90 Å². The molecule has 7 aromatic carbocycles. The maximum absolute atomic E-state index is 6.32. The Morgan fingerprint density at radius 2 is 1.11 bits per heavy atom. The molecule has 0 aliphatic carbocycles. The van der Waals surface area contributed by atoms with E-state index in [0.717, 1.165) is 55.7 Å². The van der Waals surface area contributed by atoms with E-state index in [1.165, 1.54) is 21.9 Å². The SMILES string of the molecule is c1ccc(-c2nc3c(ccc4oc5ccc(N(c6ccccc6)c6ccc(-c7cccc8ccccc78)cc6)cc5c43)o2)cc1. The van der Waals surface area contributed by atoms with Crippen LogP contribution in [0.2, 0.25) is 0 Å². The van der Waals surface area contributed by atoms with Crippen LogP contribution in [-0.4, -0.2) is 4.98 Å². The summed E-state index contributed by atoms with van der Waals surface area (Å²) in [5, 5.41) is 4.44. The first-order valence-corrected chi connectivity index (χ1v) is 15.0. The molecule has 0 radical (unpaired) electrons. The highest BCUT2D eigenvalue weighted by molar-refractivity contribution is 6.17. The van der Waals surface area contributed by atoms with Gasteiger partial charge in [0.2, 0.25) is 5.89 Å². The molecule has 2 aromatic heterocycles. The van der Waals surface area contributed by atoms with Crippen molar-refractivity contribution in [2.24, 2.45) is 0 Å². The van der Waals surface area contributed by atoms with E-state index in [-0.39, 0.29) is 0 Å². The number of anilines is 3. The largest absolute Gasteiger partial charge is 0.456 e. The van der Waals surface area contributed by atoms with Gasteiger partial charge in [0.15, 0.2) is 5.58 Å². The molecule has 0 saturated carbocycles. The average Bonchev–Trinajstić information content (AvgIpc) is 3.71. The van der Waals surface area contributed by atoms with Crippen molar-refractivity contribution in [3.05, 3.63) is 158 Å². The Kier molecular flexibility index (Phi) is 5.78. The quantitative estimate of drug-likeness (QED) is 0.204. The fraction of sp³-hybridized carbons (Fsp3) is 0. The first kappa shape index (κ1) is 25.4. The standard InChI is InChI=1S/C41H26N2O2/c1-3-11-29(12-4-1)41-42-40-38(45-41)25-24-37-39(40)35-26-32(22-23-36(35)44-37)43(30-14-5-2-6-15-30)31-20-18-28(19-21-31)34-17-9-13-27-10-7-8-16-33(27)34/h1-26H. The predicted molar refractivity (Wildman–Crippen MR) is 184 cm³/mol. The van der Waals surface area contributed by atoms with Crippen molar-refractivity contribution in [2.45, 2.75) is 0 Å². The van der Waals surface area contributed by atoms with Gasteiger partial charge in [0, 0.05) is 28.0 Å². The van der Waals surface area contributed by atoms with E-state index in [1.807, 2.05) is 48.5 Å². The third kappa shape index (κ3) is 4.27. The summed E-state index contributed by atoms with van der Waals surface area (Å²) >= 11 is 0. The van der Waals surface area contributed by atoms with Crippen molar-refractivity contribution in [1.82, 2.24) is 4.98 Å². The van der Waals surface area contributed by atoms with Gasteiger partial charge in [-0.05, 0) is 88.6 Å². The molecule has 4 nitrogen and oxygen atoms in total. The van der Waals surface area contributed by atoms with Crippen molar-refractivity contribution in [1.29, 1.82) is 0 Å². The molecule has 212 valence electrons. The Morgan fingerprint density at radius 1 is 0.444 bits per heavy atom. The lowest BCUT2D eigenvalue weighted by molar-refractivity contribution is 0.619. The summed E-state index contributed by atoms with van der Waals surface area (Å²) in [6.45, 7) is 0. The molecule has 0 spiro atoms. The summed E-state index contributed by atoms with van der Waals surface area (Å²) in [7, 11) is 0. The summed E-state index contributed by atoms with van der Waals surface area (Å²) in [5.41, 5.74) is 9.64. The number of para-hydroxylation sites is 1. The Hall–Kier alpha value is -6.13. The van der Waals surface area contributed by atoms with E-state index in [4.69, 9.17) is 13.8 Å². The number of hydrogen-bond acceptors (Lipinski definition) is 4. The van der Waals surface area contributed by atoms with Crippen LogP contribution in [0.25, 0.3) is 66.4 Å². The monoisotopic (exact) mass is 578 g/mol. The van der Waals surface area contributed by atoms with Gasteiger partial charge in [-0.15, -0.1) is 0 Å². The Balaban J connectivity index is 1.19. The summed E-state index contributed by atoms with van der Waals surface area (Å²) in [6, 6.07) is 54.6. The first-order valence-electron chi connectivity index (χ1n) is 15.0. The molecule has 0 atom stereocenters. The topological polar surface area (TPSA) is 42.4 Å². The molecule has 0 saturated heterocycles. The first-order chi connectivity index (χ1) is 22.3. The average molecular weight is 579 g/mol. The Bertz CT molecular complexity index is 2470. The van der Waals surface area contributed by atoms with Gasteiger partial charge in [0.05, 0.1) is 5.39 Å². The van der Waals surface area contributed by atoms with Crippen LogP contribution >= 0.6 is 0 Å². The summed E-state index contributed by atoms with van der Waals surface area (Å²) in [6.07, 6.45) is 0. The van der Waals surface area contributed by atoms with Crippen molar-refractivity contribution >= 4 is 60.9 Å². The van der Waals surface area contributed by atoms with Crippen LogP contribution in [0.5, 0.6) is 0 Å². The molecule has 0 N–H and O–H groups in total. The second-order valence-corrected chi connectivity index (χ2v) is 11.2. The molecule has 0 aliphatic heterocycles. The summed E-state index contributed by atoms with van der Waals surface area (Å²) in [4.78, 5) is 7.23. The molecule has 9 aromatic rings. The normalized spacial score (nSPS) is 11.6. The van der Waals surface area contributed by atoms with Gasteiger partial charge in [-0.2, -0.15) is 0 Å². The minimum absolute atomic E-state index is 0.598.